The standard InChI is InChI=1S/C10H21NO/c1-6-10(7-12)11(8(2)3)9(4)5/h7-10H,6H2,1-5H3. The third kappa shape index (κ3) is 2.94. The van der Waals surface area contributed by atoms with Crippen molar-refractivity contribution >= 4 is 6.29 Å². The molecule has 0 amide bonds. The van der Waals surface area contributed by atoms with Gasteiger partial charge in [0, 0.05) is 12.1 Å². The van der Waals surface area contributed by atoms with E-state index in [0.717, 1.165) is 12.7 Å². The van der Waals surface area contributed by atoms with Crippen LogP contribution in [0.25, 0.3) is 0 Å². The molecule has 1 atom stereocenters. The molecule has 2 heteroatoms. The summed E-state index contributed by atoms with van der Waals surface area (Å²) >= 11 is 0. The number of carbonyl (C=O) groups excluding carboxylic acids is 1. The Labute approximate surface area is 75.9 Å². The summed E-state index contributed by atoms with van der Waals surface area (Å²) in [6, 6.07) is 0.977. The van der Waals surface area contributed by atoms with E-state index >= 15 is 0 Å². The van der Waals surface area contributed by atoms with E-state index in [9.17, 15) is 4.79 Å². The van der Waals surface area contributed by atoms with E-state index < -0.39 is 0 Å². The van der Waals surface area contributed by atoms with Gasteiger partial charge >= 0.3 is 0 Å². The van der Waals surface area contributed by atoms with Crippen molar-refractivity contribution in [1.82, 2.24) is 4.90 Å². The van der Waals surface area contributed by atoms with Crippen LogP contribution in [0.15, 0.2) is 0 Å². The fourth-order valence-corrected chi connectivity index (χ4v) is 1.74. The molecule has 72 valence electrons. The lowest BCUT2D eigenvalue weighted by Gasteiger charge is -2.34. The highest BCUT2D eigenvalue weighted by molar-refractivity contribution is 5.57. The Kier molecular flexibility index (Phi) is 5.14. The second-order valence-electron chi connectivity index (χ2n) is 3.75. The van der Waals surface area contributed by atoms with Gasteiger partial charge in [-0.3, -0.25) is 4.90 Å². The van der Waals surface area contributed by atoms with Crippen LogP contribution in [0.1, 0.15) is 41.0 Å². The van der Waals surface area contributed by atoms with Gasteiger partial charge in [-0.1, -0.05) is 6.92 Å². The molecule has 0 saturated heterocycles. The largest absolute Gasteiger partial charge is 0.302 e. The lowest BCUT2D eigenvalue weighted by atomic mass is 10.1. The molecule has 0 aromatic rings. The summed E-state index contributed by atoms with van der Waals surface area (Å²) in [5.41, 5.74) is 0. The molecule has 0 N–H and O–H groups in total. The number of aldehydes is 1. The highest BCUT2D eigenvalue weighted by atomic mass is 16.1. The predicted molar refractivity (Wildman–Crippen MR) is 52.3 cm³/mol. The smallest absolute Gasteiger partial charge is 0.137 e. The van der Waals surface area contributed by atoms with Gasteiger partial charge in [0.05, 0.1) is 6.04 Å². The van der Waals surface area contributed by atoms with E-state index in [4.69, 9.17) is 0 Å². The quantitative estimate of drug-likeness (QED) is 0.590. The molecular formula is C10H21NO. The van der Waals surface area contributed by atoms with Crippen molar-refractivity contribution in [2.45, 2.75) is 59.2 Å². The Bertz CT molecular complexity index is 124. The number of nitrogens with zero attached hydrogens (tertiary/aromatic N) is 1. The van der Waals surface area contributed by atoms with Gasteiger partial charge in [0.1, 0.15) is 6.29 Å². The number of rotatable bonds is 5. The van der Waals surface area contributed by atoms with E-state index in [1.165, 1.54) is 0 Å². The van der Waals surface area contributed by atoms with E-state index in [2.05, 4.69) is 39.5 Å². The summed E-state index contributed by atoms with van der Waals surface area (Å²) < 4.78 is 0. The van der Waals surface area contributed by atoms with Gasteiger partial charge in [0.25, 0.3) is 0 Å². The zero-order chi connectivity index (χ0) is 9.72. The first-order valence-corrected chi connectivity index (χ1v) is 4.77. The van der Waals surface area contributed by atoms with Crippen LogP contribution in [-0.4, -0.2) is 29.3 Å². The molecular weight excluding hydrogens is 150 g/mol. The van der Waals surface area contributed by atoms with Gasteiger partial charge in [0.15, 0.2) is 0 Å². The molecule has 12 heavy (non-hydrogen) atoms. The average Bonchev–Trinajstić information content (AvgIpc) is 1.98. The van der Waals surface area contributed by atoms with Gasteiger partial charge in [-0.05, 0) is 34.1 Å². The molecule has 0 aliphatic carbocycles. The SMILES string of the molecule is CCC(C=O)N(C(C)C)C(C)C. The molecule has 0 heterocycles. The van der Waals surface area contributed by atoms with Gasteiger partial charge in [-0.2, -0.15) is 0 Å². The molecule has 2 nitrogen and oxygen atoms in total. The third-order valence-corrected chi connectivity index (χ3v) is 2.15. The highest BCUT2D eigenvalue weighted by Crippen LogP contribution is 2.11. The minimum Gasteiger partial charge on any atom is -0.302 e. The molecule has 0 spiro atoms. The fourth-order valence-electron chi connectivity index (χ4n) is 1.74. The Balaban J connectivity index is 4.36. The maximum absolute atomic E-state index is 10.7. The van der Waals surface area contributed by atoms with Crippen LogP contribution in [0.2, 0.25) is 0 Å². The molecule has 0 rings (SSSR count). The van der Waals surface area contributed by atoms with Crippen LogP contribution < -0.4 is 0 Å². The van der Waals surface area contributed by atoms with Crippen molar-refractivity contribution < 1.29 is 4.79 Å². The maximum atomic E-state index is 10.7. The Hall–Kier alpha value is -0.370. The Morgan fingerprint density at radius 3 is 1.67 bits per heavy atom. The van der Waals surface area contributed by atoms with Crippen LogP contribution >= 0.6 is 0 Å². The monoisotopic (exact) mass is 171 g/mol. The molecule has 0 aliphatic rings. The first-order chi connectivity index (χ1) is 5.54. The van der Waals surface area contributed by atoms with Gasteiger partial charge in [-0.15, -0.1) is 0 Å². The summed E-state index contributed by atoms with van der Waals surface area (Å²) in [6.45, 7) is 10.6. The van der Waals surface area contributed by atoms with Crippen LogP contribution in [0.4, 0.5) is 0 Å². The van der Waals surface area contributed by atoms with Crippen molar-refractivity contribution in [3.05, 3.63) is 0 Å². The maximum Gasteiger partial charge on any atom is 0.137 e. The van der Waals surface area contributed by atoms with E-state index in [1.807, 2.05) is 0 Å². The molecule has 0 saturated carbocycles. The van der Waals surface area contributed by atoms with Gasteiger partial charge in [0.2, 0.25) is 0 Å². The average molecular weight is 171 g/mol. The first kappa shape index (κ1) is 11.6. The second kappa shape index (κ2) is 5.31. The molecule has 0 aromatic heterocycles. The summed E-state index contributed by atoms with van der Waals surface area (Å²) in [5.74, 6) is 0. The summed E-state index contributed by atoms with van der Waals surface area (Å²) in [5, 5.41) is 0. The third-order valence-electron chi connectivity index (χ3n) is 2.15. The van der Waals surface area contributed by atoms with Crippen molar-refractivity contribution in [3.63, 3.8) is 0 Å². The Morgan fingerprint density at radius 2 is 1.58 bits per heavy atom. The predicted octanol–water partition coefficient (Wildman–Crippen LogP) is 2.08. The van der Waals surface area contributed by atoms with Crippen LogP contribution in [0.3, 0.4) is 0 Å². The van der Waals surface area contributed by atoms with Crippen LogP contribution in [0.5, 0.6) is 0 Å². The zero-order valence-electron chi connectivity index (χ0n) is 8.87. The molecule has 0 aliphatic heterocycles. The molecule has 0 radical (unpaired) electrons. The number of hydrogen-bond acceptors (Lipinski definition) is 2. The van der Waals surface area contributed by atoms with E-state index in [1.54, 1.807) is 0 Å². The normalized spacial score (nSPS) is 14.3. The van der Waals surface area contributed by atoms with Gasteiger partial charge < -0.3 is 4.79 Å². The lowest BCUT2D eigenvalue weighted by Crippen LogP contribution is -2.45. The van der Waals surface area contributed by atoms with Crippen molar-refractivity contribution in [2.75, 3.05) is 0 Å². The van der Waals surface area contributed by atoms with E-state index in [-0.39, 0.29) is 6.04 Å². The van der Waals surface area contributed by atoms with Gasteiger partial charge in [-0.25, -0.2) is 0 Å². The minimum atomic E-state index is 0.0880. The minimum absolute atomic E-state index is 0.0880. The van der Waals surface area contributed by atoms with Crippen LogP contribution in [0, 0.1) is 0 Å². The molecule has 0 aromatic carbocycles. The van der Waals surface area contributed by atoms with Crippen molar-refractivity contribution in [2.24, 2.45) is 0 Å². The van der Waals surface area contributed by atoms with E-state index in [0.29, 0.717) is 12.1 Å². The Morgan fingerprint density at radius 1 is 1.17 bits per heavy atom. The molecule has 0 fully saturated rings. The summed E-state index contributed by atoms with van der Waals surface area (Å²) in [6.07, 6.45) is 1.96. The molecule has 1 unspecified atom stereocenters. The summed E-state index contributed by atoms with van der Waals surface area (Å²) in [7, 11) is 0. The van der Waals surface area contributed by atoms with Crippen LogP contribution in [-0.2, 0) is 4.79 Å². The van der Waals surface area contributed by atoms with Crippen molar-refractivity contribution in [3.8, 4) is 0 Å². The second-order valence-corrected chi connectivity index (χ2v) is 3.75. The summed E-state index contributed by atoms with van der Waals surface area (Å²) in [4.78, 5) is 13.0. The molecule has 0 bridgehead atoms. The van der Waals surface area contributed by atoms with Crippen molar-refractivity contribution in [1.29, 1.82) is 0 Å². The number of hydrogen-bond donors (Lipinski definition) is 0. The highest BCUT2D eigenvalue weighted by Gasteiger charge is 2.21. The lowest BCUT2D eigenvalue weighted by molar-refractivity contribution is -0.114. The number of carbonyl (C=O) groups is 1. The first-order valence-electron chi connectivity index (χ1n) is 4.77. The zero-order valence-corrected chi connectivity index (χ0v) is 8.87. The topological polar surface area (TPSA) is 20.3 Å². The fraction of sp³-hybridized carbons (Fsp3) is 0.900.